The molecule has 0 bridgehead atoms. The number of aromatic nitrogens is 2. The van der Waals surface area contributed by atoms with E-state index in [-0.39, 0.29) is 0 Å². The number of rotatable bonds is 5. The number of unbranched alkanes of at least 4 members (excludes halogenated alkanes) is 1. The predicted octanol–water partition coefficient (Wildman–Crippen LogP) is 2.76. The monoisotopic (exact) mass is 227 g/mol. The fourth-order valence-corrected chi connectivity index (χ4v) is 1.92. The van der Waals surface area contributed by atoms with Gasteiger partial charge in [-0.05, 0) is 6.42 Å². The average Bonchev–Trinajstić information content (AvgIpc) is 2.39. The van der Waals surface area contributed by atoms with Gasteiger partial charge in [-0.2, -0.15) is 4.57 Å². The molecule has 0 N–H and O–H groups in total. The number of hydrogen-bond acceptors (Lipinski definition) is 1. The van der Waals surface area contributed by atoms with E-state index in [1.54, 1.807) is 0 Å². The lowest BCUT2D eigenvalue weighted by molar-refractivity contribution is -0.696. The molecular formula is C15H19N2+. The van der Waals surface area contributed by atoms with E-state index in [0.29, 0.717) is 0 Å². The van der Waals surface area contributed by atoms with E-state index < -0.39 is 0 Å². The van der Waals surface area contributed by atoms with Crippen molar-refractivity contribution in [3.05, 3.63) is 60.2 Å². The van der Waals surface area contributed by atoms with Crippen molar-refractivity contribution in [3.8, 4) is 0 Å². The molecule has 0 spiro atoms. The third-order valence-corrected chi connectivity index (χ3v) is 2.91. The lowest BCUT2D eigenvalue weighted by Gasteiger charge is -2.02. The maximum Gasteiger partial charge on any atom is 0.200 e. The maximum atomic E-state index is 4.22. The fraction of sp³-hybridized carbons (Fsp3) is 0.333. The molecule has 2 aromatic rings. The van der Waals surface area contributed by atoms with Gasteiger partial charge in [0.05, 0.1) is 12.4 Å². The molecule has 2 heteroatoms. The van der Waals surface area contributed by atoms with Crippen molar-refractivity contribution in [1.29, 1.82) is 0 Å². The van der Waals surface area contributed by atoms with Gasteiger partial charge in [0.15, 0.2) is 18.4 Å². The van der Waals surface area contributed by atoms with Crippen molar-refractivity contribution in [2.45, 2.75) is 32.7 Å². The minimum atomic E-state index is 0.933. The zero-order chi connectivity index (χ0) is 11.9. The molecule has 1 heterocycles. The van der Waals surface area contributed by atoms with Crippen LogP contribution in [0, 0.1) is 0 Å². The van der Waals surface area contributed by atoms with Gasteiger partial charge in [-0.15, -0.1) is 0 Å². The van der Waals surface area contributed by atoms with Gasteiger partial charge < -0.3 is 0 Å². The Morgan fingerprint density at radius 3 is 2.76 bits per heavy atom. The van der Waals surface area contributed by atoms with Crippen molar-refractivity contribution in [1.82, 2.24) is 4.98 Å². The molecule has 0 unspecified atom stereocenters. The summed E-state index contributed by atoms with van der Waals surface area (Å²) in [7, 11) is 0. The first-order chi connectivity index (χ1) is 8.40. The molecule has 1 aromatic carbocycles. The second kappa shape index (κ2) is 6.14. The Bertz CT molecular complexity index is 451. The van der Waals surface area contributed by atoms with Crippen LogP contribution in [0.5, 0.6) is 0 Å². The van der Waals surface area contributed by atoms with Gasteiger partial charge in [0.2, 0.25) is 0 Å². The lowest BCUT2D eigenvalue weighted by Crippen LogP contribution is -2.38. The first kappa shape index (κ1) is 11.8. The summed E-state index contributed by atoms with van der Waals surface area (Å²) >= 11 is 0. The van der Waals surface area contributed by atoms with Crippen LogP contribution in [0.15, 0.2) is 48.9 Å². The molecule has 0 atom stereocenters. The summed E-state index contributed by atoms with van der Waals surface area (Å²) < 4.78 is 2.29. The molecule has 0 saturated heterocycles. The largest absolute Gasteiger partial charge is 0.252 e. The molecule has 2 nitrogen and oxygen atoms in total. The Balaban J connectivity index is 2.15. The highest BCUT2D eigenvalue weighted by atomic mass is 15.0. The molecule has 88 valence electrons. The van der Waals surface area contributed by atoms with Crippen molar-refractivity contribution >= 4 is 0 Å². The minimum absolute atomic E-state index is 0.933. The van der Waals surface area contributed by atoms with Crippen molar-refractivity contribution in [2.75, 3.05) is 0 Å². The number of benzene rings is 1. The van der Waals surface area contributed by atoms with Gasteiger partial charge in [0.1, 0.15) is 0 Å². The molecule has 0 radical (unpaired) electrons. The number of nitrogens with zero attached hydrogens (tertiary/aromatic N) is 2. The van der Waals surface area contributed by atoms with E-state index in [1.165, 1.54) is 24.1 Å². The molecule has 0 aliphatic heterocycles. The molecule has 2 rings (SSSR count). The lowest BCUT2D eigenvalue weighted by atomic mass is 10.2. The first-order valence-electron chi connectivity index (χ1n) is 6.26. The van der Waals surface area contributed by atoms with E-state index in [4.69, 9.17) is 0 Å². The summed E-state index contributed by atoms with van der Waals surface area (Å²) in [5.41, 5.74) is 2.65. The summed E-state index contributed by atoms with van der Waals surface area (Å²) in [5.74, 6) is 0. The first-order valence-corrected chi connectivity index (χ1v) is 6.26. The van der Waals surface area contributed by atoms with Crippen molar-refractivity contribution < 1.29 is 4.57 Å². The summed E-state index contributed by atoms with van der Waals surface area (Å²) in [6.07, 6.45) is 9.47. The van der Waals surface area contributed by atoms with Gasteiger partial charge in [0, 0.05) is 12.0 Å². The zero-order valence-electron chi connectivity index (χ0n) is 10.3. The third-order valence-electron chi connectivity index (χ3n) is 2.91. The van der Waals surface area contributed by atoms with Gasteiger partial charge in [-0.25, -0.2) is 0 Å². The van der Waals surface area contributed by atoms with Gasteiger partial charge in [0.25, 0.3) is 0 Å². The number of aryl methyl sites for hydroxylation is 1. The highest BCUT2D eigenvalue weighted by Crippen LogP contribution is 2.01. The highest BCUT2D eigenvalue weighted by Gasteiger charge is 2.09. The van der Waals surface area contributed by atoms with Gasteiger partial charge >= 0.3 is 0 Å². The van der Waals surface area contributed by atoms with Crippen LogP contribution in [-0.2, 0) is 13.0 Å². The van der Waals surface area contributed by atoms with E-state index >= 15 is 0 Å². The van der Waals surface area contributed by atoms with E-state index in [9.17, 15) is 0 Å². The van der Waals surface area contributed by atoms with Crippen LogP contribution in [0.4, 0.5) is 0 Å². The molecule has 1 aromatic heterocycles. The van der Waals surface area contributed by atoms with E-state index in [2.05, 4.69) is 53.0 Å². The van der Waals surface area contributed by atoms with Crippen molar-refractivity contribution in [2.24, 2.45) is 0 Å². The number of hydrogen-bond donors (Lipinski definition) is 0. The van der Waals surface area contributed by atoms with Crippen LogP contribution in [0.25, 0.3) is 0 Å². The Hall–Kier alpha value is -1.70. The average molecular weight is 227 g/mol. The van der Waals surface area contributed by atoms with Gasteiger partial charge in [-0.1, -0.05) is 43.7 Å². The Labute approximate surface area is 103 Å². The van der Waals surface area contributed by atoms with Crippen LogP contribution < -0.4 is 4.57 Å². The van der Waals surface area contributed by atoms with Crippen molar-refractivity contribution in [3.63, 3.8) is 0 Å². The molecule has 0 aliphatic rings. The van der Waals surface area contributed by atoms with Crippen LogP contribution in [0.1, 0.15) is 31.0 Å². The second-order valence-electron chi connectivity index (χ2n) is 4.28. The smallest absolute Gasteiger partial charge is 0.200 e. The van der Waals surface area contributed by atoms with Crippen LogP contribution in [0.3, 0.4) is 0 Å². The molecule has 17 heavy (non-hydrogen) atoms. The molecule has 0 saturated carbocycles. The van der Waals surface area contributed by atoms with Gasteiger partial charge in [-0.3, -0.25) is 4.98 Å². The van der Waals surface area contributed by atoms with E-state index in [0.717, 1.165) is 13.0 Å². The predicted molar refractivity (Wildman–Crippen MR) is 68.6 cm³/mol. The Kier molecular flexibility index (Phi) is 4.25. The summed E-state index contributed by atoms with van der Waals surface area (Å²) in [6.45, 7) is 3.15. The van der Waals surface area contributed by atoms with Crippen LogP contribution >= 0.6 is 0 Å². The standard InChI is InChI=1S/C15H19N2/c1-2-3-9-15-12-16-10-11-17(15)13-14-7-5-4-6-8-14/h4-8,10-12H,2-3,9,13H2,1H3/q+1. The maximum absolute atomic E-state index is 4.22. The summed E-state index contributed by atoms with van der Waals surface area (Å²) in [5, 5.41) is 0. The third kappa shape index (κ3) is 3.38. The van der Waals surface area contributed by atoms with Crippen LogP contribution in [0.2, 0.25) is 0 Å². The summed E-state index contributed by atoms with van der Waals surface area (Å²) in [6, 6.07) is 10.6. The van der Waals surface area contributed by atoms with Crippen LogP contribution in [-0.4, -0.2) is 4.98 Å². The minimum Gasteiger partial charge on any atom is -0.252 e. The molecule has 0 aliphatic carbocycles. The Morgan fingerprint density at radius 2 is 2.00 bits per heavy atom. The zero-order valence-corrected chi connectivity index (χ0v) is 10.3. The highest BCUT2D eigenvalue weighted by molar-refractivity contribution is 5.13. The fourth-order valence-electron chi connectivity index (χ4n) is 1.92. The normalized spacial score (nSPS) is 10.4. The Morgan fingerprint density at radius 1 is 1.18 bits per heavy atom. The topological polar surface area (TPSA) is 16.8 Å². The SMILES string of the molecule is CCCCc1cncc[n+]1Cc1ccccc1. The van der Waals surface area contributed by atoms with E-state index in [1.807, 2.05) is 12.4 Å². The molecule has 0 amide bonds. The summed E-state index contributed by atoms with van der Waals surface area (Å²) in [4.78, 5) is 4.22. The second-order valence-corrected chi connectivity index (χ2v) is 4.28. The quantitative estimate of drug-likeness (QED) is 0.718. The molecular weight excluding hydrogens is 208 g/mol. The molecule has 0 fully saturated rings.